The molecular weight excluding hydrogens is 316 g/mol. The van der Waals surface area contributed by atoms with Crippen LogP contribution in [0, 0.1) is 0 Å². The minimum absolute atomic E-state index is 0.0206. The molecule has 0 atom stereocenters. The second-order valence-electron chi connectivity index (χ2n) is 3.89. The lowest BCUT2D eigenvalue weighted by atomic mass is 10.2. The van der Waals surface area contributed by atoms with E-state index < -0.39 is 11.9 Å². The van der Waals surface area contributed by atoms with Crippen molar-refractivity contribution in [2.45, 2.75) is 0 Å². The molecule has 1 aromatic carbocycles. The predicted octanol–water partition coefficient (Wildman–Crippen LogP) is 2.76. The van der Waals surface area contributed by atoms with Crippen molar-refractivity contribution in [3.8, 4) is 0 Å². The Morgan fingerprint density at radius 2 is 2.05 bits per heavy atom. The fourth-order valence-corrected chi connectivity index (χ4v) is 1.97. The third-order valence-corrected chi connectivity index (χ3v) is 2.95. The van der Waals surface area contributed by atoms with E-state index in [2.05, 4.69) is 10.6 Å². The molecule has 108 valence electrons. The standard InChI is InChI=1S/C13H9ClN2O4S/c14-9-6-7(3-4-8(9)12(18)19)15-13(21)16-11(17)10-2-1-5-20-10/h1-6H,(H,18,19)(H2,15,16,17,21). The number of hydrogen-bond donors (Lipinski definition) is 3. The fourth-order valence-electron chi connectivity index (χ4n) is 1.50. The number of furan rings is 1. The number of carbonyl (C=O) groups excluding carboxylic acids is 1. The molecule has 1 aromatic heterocycles. The highest BCUT2D eigenvalue weighted by Crippen LogP contribution is 2.20. The van der Waals surface area contributed by atoms with Gasteiger partial charge in [-0.3, -0.25) is 10.1 Å². The Morgan fingerprint density at radius 1 is 1.29 bits per heavy atom. The van der Waals surface area contributed by atoms with E-state index in [1.54, 1.807) is 6.07 Å². The maximum absolute atomic E-state index is 11.7. The van der Waals surface area contributed by atoms with Gasteiger partial charge in [-0.2, -0.15) is 0 Å². The molecule has 0 bridgehead atoms. The molecule has 3 N–H and O–H groups in total. The molecule has 0 unspecified atom stereocenters. The zero-order chi connectivity index (χ0) is 15.4. The smallest absolute Gasteiger partial charge is 0.337 e. The van der Waals surface area contributed by atoms with Crippen LogP contribution in [0.1, 0.15) is 20.9 Å². The minimum atomic E-state index is -1.12. The third-order valence-electron chi connectivity index (χ3n) is 2.43. The molecule has 0 fully saturated rings. The number of halogens is 1. The number of rotatable bonds is 3. The summed E-state index contributed by atoms with van der Waals surface area (Å²) in [6, 6.07) is 7.30. The van der Waals surface area contributed by atoms with Gasteiger partial charge in [-0.15, -0.1) is 0 Å². The largest absolute Gasteiger partial charge is 0.478 e. The summed E-state index contributed by atoms with van der Waals surface area (Å²) >= 11 is 10.8. The quantitative estimate of drug-likeness (QED) is 0.752. The van der Waals surface area contributed by atoms with Gasteiger partial charge in [-0.05, 0) is 42.5 Å². The predicted molar refractivity (Wildman–Crippen MR) is 80.8 cm³/mol. The lowest BCUT2D eigenvalue weighted by molar-refractivity contribution is 0.0697. The van der Waals surface area contributed by atoms with Crippen molar-refractivity contribution in [2.75, 3.05) is 5.32 Å². The first kappa shape index (κ1) is 15.0. The molecule has 2 aromatic rings. The molecule has 0 radical (unpaired) electrons. The molecule has 2 rings (SSSR count). The van der Waals surface area contributed by atoms with Crippen LogP contribution in [0.3, 0.4) is 0 Å². The molecule has 0 aliphatic carbocycles. The SMILES string of the molecule is O=C(NC(=S)Nc1ccc(C(=O)O)c(Cl)c1)c1ccco1. The summed E-state index contributed by atoms with van der Waals surface area (Å²) in [5.41, 5.74) is 0.433. The molecule has 0 saturated carbocycles. The Bertz CT molecular complexity index is 700. The van der Waals surface area contributed by atoms with Gasteiger partial charge in [0.25, 0.3) is 5.91 Å². The summed E-state index contributed by atoms with van der Waals surface area (Å²) in [7, 11) is 0. The van der Waals surface area contributed by atoms with E-state index in [4.69, 9.17) is 33.3 Å². The average molecular weight is 325 g/mol. The molecule has 8 heteroatoms. The summed E-state index contributed by atoms with van der Waals surface area (Å²) in [5.74, 6) is -1.50. The van der Waals surface area contributed by atoms with Gasteiger partial charge in [0.2, 0.25) is 0 Å². The lowest BCUT2D eigenvalue weighted by Crippen LogP contribution is -2.33. The Kier molecular flexibility index (Phi) is 4.56. The zero-order valence-electron chi connectivity index (χ0n) is 10.4. The molecule has 1 amide bonds. The van der Waals surface area contributed by atoms with E-state index in [-0.39, 0.29) is 21.5 Å². The van der Waals surface area contributed by atoms with Gasteiger partial charge in [0, 0.05) is 5.69 Å². The van der Waals surface area contributed by atoms with Crippen LogP contribution in [0.15, 0.2) is 41.0 Å². The number of nitrogens with one attached hydrogen (secondary N) is 2. The van der Waals surface area contributed by atoms with Gasteiger partial charge in [0.1, 0.15) is 0 Å². The topological polar surface area (TPSA) is 91.6 Å². The van der Waals surface area contributed by atoms with Crippen molar-refractivity contribution in [2.24, 2.45) is 0 Å². The number of aromatic carboxylic acids is 1. The number of carboxylic acid groups (broad SMARTS) is 1. The van der Waals surface area contributed by atoms with Crippen LogP contribution in [0.4, 0.5) is 5.69 Å². The van der Waals surface area contributed by atoms with Crippen molar-refractivity contribution < 1.29 is 19.1 Å². The van der Waals surface area contributed by atoms with E-state index in [9.17, 15) is 9.59 Å². The maximum atomic E-state index is 11.7. The van der Waals surface area contributed by atoms with Crippen LogP contribution in [0.25, 0.3) is 0 Å². The number of amides is 1. The van der Waals surface area contributed by atoms with Gasteiger partial charge in [0.15, 0.2) is 10.9 Å². The second-order valence-corrected chi connectivity index (χ2v) is 4.70. The van der Waals surface area contributed by atoms with E-state index >= 15 is 0 Å². The molecule has 0 aliphatic heterocycles. The van der Waals surface area contributed by atoms with Crippen molar-refractivity contribution in [1.82, 2.24) is 5.32 Å². The van der Waals surface area contributed by atoms with E-state index in [1.165, 1.54) is 30.5 Å². The molecule has 1 heterocycles. The van der Waals surface area contributed by atoms with Gasteiger partial charge in [-0.25, -0.2) is 4.79 Å². The maximum Gasteiger partial charge on any atom is 0.337 e. The normalized spacial score (nSPS) is 9.95. The number of carbonyl (C=O) groups is 2. The van der Waals surface area contributed by atoms with E-state index in [0.29, 0.717) is 5.69 Å². The minimum Gasteiger partial charge on any atom is -0.478 e. The molecule has 0 aliphatic rings. The Balaban J connectivity index is 2.01. The van der Waals surface area contributed by atoms with Gasteiger partial charge >= 0.3 is 5.97 Å². The fraction of sp³-hybridized carbons (Fsp3) is 0. The Labute approximate surface area is 129 Å². The molecule has 0 saturated heterocycles. The first-order valence-electron chi connectivity index (χ1n) is 5.66. The van der Waals surface area contributed by atoms with Crippen molar-refractivity contribution in [1.29, 1.82) is 0 Å². The number of carboxylic acids is 1. The number of thiocarbonyl (C=S) groups is 1. The molecular formula is C13H9ClN2O4S. The summed E-state index contributed by atoms with van der Waals surface area (Å²) in [5, 5.41) is 14.1. The Morgan fingerprint density at radius 3 is 2.62 bits per heavy atom. The third kappa shape index (κ3) is 3.80. The highest BCUT2D eigenvalue weighted by molar-refractivity contribution is 7.80. The number of benzene rings is 1. The second kappa shape index (κ2) is 6.38. The van der Waals surface area contributed by atoms with Gasteiger partial charge in [0.05, 0.1) is 16.8 Å². The van der Waals surface area contributed by atoms with Crippen LogP contribution in [0.5, 0.6) is 0 Å². The highest BCUT2D eigenvalue weighted by atomic mass is 35.5. The molecule has 6 nitrogen and oxygen atoms in total. The first-order valence-corrected chi connectivity index (χ1v) is 6.44. The average Bonchev–Trinajstić information content (AvgIpc) is 2.91. The van der Waals surface area contributed by atoms with Crippen LogP contribution in [-0.2, 0) is 0 Å². The van der Waals surface area contributed by atoms with Crippen LogP contribution < -0.4 is 10.6 Å². The molecule has 0 spiro atoms. The van der Waals surface area contributed by atoms with Crippen molar-refractivity contribution >= 4 is 46.5 Å². The van der Waals surface area contributed by atoms with Crippen molar-refractivity contribution in [3.63, 3.8) is 0 Å². The number of anilines is 1. The monoisotopic (exact) mass is 324 g/mol. The molecule has 21 heavy (non-hydrogen) atoms. The van der Waals surface area contributed by atoms with Gasteiger partial charge < -0.3 is 14.8 Å². The zero-order valence-corrected chi connectivity index (χ0v) is 12.0. The van der Waals surface area contributed by atoms with E-state index in [0.717, 1.165) is 0 Å². The van der Waals surface area contributed by atoms with Crippen LogP contribution >= 0.6 is 23.8 Å². The first-order chi connectivity index (χ1) is 9.97. The summed E-state index contributed by atoms with van der Waals surface area (Å²) in [4.78, 5) is 22.5. The summed E-state index contributed by atoms with van der Waals surface area (Å²) in [6.45, 7) is 0. The number of hydrogen-bond acceptors (Lipinski definition) is 4. The highest BCUT2D eigenvalue weighted by Gasteiger charge is 2.12. The van der Waals surface area contributed by atoms with Gasteiger partial charge in [-0.1, -0.05) is 11.6 Å². The lowest BCUT2D eigenvalue weighted by Gasteiger charge is -2.09. The Hall–Kier alpha value is -2.38. The summed E-state index contributed by atoms with van der Waals surface area (Å²) < 4.78 is 4.92. The summed E-state index contributed by atoms with van der Waals surface area (Å²) in [6.07, 6.45) is 1.37. The van der Waals surface area contributed by atoms with Crippen molar-refractivity contribution in [3.05, 3.63) is 52.9 Å². The van der Waals surface area contributed by atoms with Crippen LogP contribution in [-0.4, -0.2) is 22.1 Å². The van der Waals surface area contributed by atoms with E-state index in [1.807, 2.05) is 0 Å². The van der Waals surface area contributed by atoms with Crippen LogP contribution in [0.2, 0.25) is 5.02 Å².